The Morgan fingerprint density at radius 1 is 0.565 bits per heavy atom. The van der Waals surface area contributed by atoms with E-state index in [0.29, 0.717) is 0 Å². The molecule has 2 heterocycles. The Morgan fingerprint density at radius 3 is 1.30 bits per heavy atom. The molecule has 4 atom stereocenters. The zero-order valence-electron chi connectivity index (χ0n) is 26.4. The summed E-state index contributed by atoms with van der Waals surface area (Å²) in [6.45, 7) is 6.20. The number of anilines is 2. The van der Waals surface area contributed by atoms with Crippen molar-refractivity contribution in [3.63, 3.8) is 0 Å². The lowest BCUT2D eigenvalue weighted by Crippen LogP contribution is -2.53. The highest BCUT2D eigenvalue weighted by Crippen LogP contribution is 2.52. The Balaban J connectivity index is 1.02. The van der Waals surface area contributed by atoms with Crippen LogP contribution in [0.5, 0.6) is 0 Å². The van der Waals surface area contributed by atoms with E-state index in [2.05, 4.69) is 72.2 Å². The summed E-state index contributed by atoms with van der Waals surface area (Å²) in [5.41, 5.74) is 4.14. The smallest absolute Gasteiger partial charge is 0.0765 e. The van der Waals surface area contributed by atoms with Crippen molar-refractivity contribution in [1.82, 2.24) is 0 Å². The number of nitrogens with zero attached hydrogens (tertiary/aromatic N) is 2. The van der Waals surface area contributed by atoms with E-state index in [-0.39, 0.29) is 23.7 Å². The molecule has 0 spiro atoms. The van der Waals surface area contributed by atoms with Gasteiger partial charge in [-0.2, -0.15) is 0 Å². The first-order valence-electron chi connectivity index (χ1n) is 16.8. The SMILES string of the molecule is CCCCN1C(=CC2C(O)C(c3ccc(C4C(O)C(C=C5Sc6ccccc6N5CCCC)C4O)cc3)C2O)Sc2ccccc21. The predicted octanol–water partition coefficient (Wildman–Crippen LogP) is 7.06. The van der Waals surface area contributed by atoms with Crippen molar-refractivity contribution in [1.29, 1.82) is 0 Å². The topological polar surface area (TPSA) is 87.4 Å². The van der Waals surface area contributed by atoms with Gasteiger partial charge in [0.25, 0.3) is 0 Å². The minimum absolute atomic E-state index is 0.342. The van der Waals surface area contributed by atoms with Gasteiger partial charge in [0, 0.05) is 46.6 Å². The highest BCUT2D eigenvalue weighted by Gasteiger charge is 2.51. The van der Waals surface area contributed by atoms with Gasteiger partial charge in [-0.25, -0.2) is 0 Å². The summed E-state index contributed by atoms with van der Waals surface area (Å²) in [5, 5.41) is 47.1. The van der Waals surface area contributed by atoms with E-state index in [1.54, 1.807) is 23.5 Å². The van der Waals surface area contributed by atoms with Crippen LogP contribution in [-0.4, -0.2) is 57.9 Å². The molecule has 2 fully saturated rings. The molecule has 6 nitrogen and oxygen atoms in total. The molecule has 3 aromatic rings. The van der Waals surface area contributed by atoms with Gasteiger partial charge in [-0.3, -0.25) is 0 Å². The second-order valence-electron chi connectivity index (χ2n) is 13.0. The molecule has 7 rings (SSSR count). The number of aliphatic hydroxyl groups is 4. The van der Waals surface area contributed by atoms with Gasteiger partial charge in [-0.15, -0.1) is 0 Å². The first-order chi connectivity index (χ1) is 22.4. The van der Waals surface area contributed by atoms with Crippen LogP contribution in [0.1, 0.15) is 62.5 Å². The lowest BCUT2D eigenvalue weighted by Gasteiger charge is -2.47. The van der Waals surface area contributed by atoms with Crippen LogP contribution < -0.4 is 9.80 Å². The van der Waals surface area contributed by atoms with Gasteiger partial charge in [-0.05, 0) is 60.4 Å². The van der Waals surface area contributed by atoms with Gasteiger partial charge in [0.1, 0.15) is 0 Å². The quantitative estimate of drug-likeness (QED) is 0.185. The van der Waals surface area contributed by atoms with Crippen molar-refractivity contribution in [2.24, 2.45) is 11.8 Å². The molecule has 8 heteroatoms. The monoisotopic (exact) mass is 656 g/mol. The molecule has 0 saturated heterocycles. The molecule has 0 amide bonds. The van der Waals surface area contributed by atoms with Crippen LogP contribution >= 0.6 is 23.5 Å². The Labute approximate surface area is 280 Å². The van der Waals surface area contributed by atoms with Crippen molar-refractivity contribution in [3.05, 3.63) is 106 Å². The van der Waals surface area contributed by atoms with E-state index in [4.69, 9.17) is 0 Å². The van der Waals surface area contributed by atoms with Gasteiger partial charge in [0.15, 0.2) is 0 Å². The third kappa shape index (κ3) is 5.61. The maximum atomic E-state index is 11.2. The number of rotatable bonds is 10. The van der Waals surface area contributed by atoms with Crippen LogP contribution in [0.2, 0.25) is 0 Å². The normalized spacial score (nSPS) is 31.6. The highest BCUT2D eigenvalue weighted by atomic mass is 32.2. The fourth-order valence-electron chi connectivity index (χ4n) is 7.38. The van der Waals surface area contributed by atoms with Crippen LogP contribution in [0.4, 0.5) is 11.4 Å². The summed E-state index contributed by atoms with van der Waals surface area (Å²) in [7, 11) is 0. The first-order valence-corrected chi connectivity index (χ1v) is 18.4. The number of hydrogen-bond acceptors (Lipinski definition) is 8. The Morgan fingerprint density at radius 2 is 0.935 bits per heavy atom. The Kier molecular flexibility index (Phi) is 9.29. The van der Waals surface area contributed by atoms with Gasteiger partial charge >= 0.3 is 0 Å². The number of aliphatic hydroxyl groups excluding tert-OH is 4. The molecule has 2 saturated carbocycles. The van der Waals surface area contributed by atoms with Crippen LogP contribution in [0.15, 0.2) is 105 Å². The number of unbranched alkanes of at least 4 members (excludes halogenated alkanes) is 2. The highest BCUT2D eigenvalue weighted by molar-refractivity contribution is 8.04. The maximum absolute atomic E-state index is 11.2. The van der Waals surface area contributed by atoms with E-state index in [9.17, 15) is 20.4 Å². The molecule has 46 heavy (non-hydrogen) atoms. The molecule has 0 aromatic heterocycles. The molecule has 4 N–H and O–H groups in total. The molecule has 4 unspecified atom stereocenters. The number of hydrogen-bond donors (Lipinski definition) is 4. The van der Waals surface area contributed by atoms with Gasteiger partial charge in [0.05, 0.1) is 45.8 Å². The van der Waals surface area contributed by atoms with E-state index < -0.39 is 24.4 Å². The van der Waals surface area contributed by atoms with Crippen molar-refractivity contribution < 1.29 is 20.4 Å². The molecule has 242 valence electrons. The number of fused-ring (bicyclic) bond motifs is 2. The summed E-state index contributed by atoms with van der Waals surface area (Å²) in [6, 6.07) is 24.5. The van der Waals surface area contributed by atoms with Gasteiger partial charge in [0.2, 0.25) is 0 Å². The maximum Gasteiger partial charge on any atom is 0.0765 e. The van der Waals surface area contributed by atoms with Crippen LogP contribution in [-0.2, 0) is 0 Å². The van der Waals surface area contributed by atoms with Crippen LogP contribution in [0.25, 0.3) is 0 Å². The Bertz CT molecular complexity index is 1470. The summed E-state index contributed by atoms with van der Waals surface area (Å²) < 4.78 is 0. The molecule has 4 aliphatic rings. The largest absolute Gasteiger partial charge is 0.392 e. The minimum atomic E-state index is -0.690. The number of para-hydroxylation sites is 2. The molecular formula is C38H44N2O4S2. The lowest BCUT2D eigenvalue weighted by atomic mass is 9.64. The van der Waals surface area contributed by atoms with Crippen molar-refractivity contribution in [2.75, 3.05) is 22.9 Å². The average molecular weight is 657 g/mol. The van der Waals surface area contributed by atoms with E-state index in [1.165, 1.54) is 21.2 Å². The van der Waals surface area contributed by atoms with E-state index >= 15 is 0 Å². The summed E-state index contributed by atoms with van der Waals surface area (Å²) >= 11 is 3.41. The number of benzene rings is 3. The predicted molar refractivity (Wildman–Crippen MR) is 188 cm³/mol. The fourth-order valence-corrected chi connectivity index (χ4v) is 9.73. The molecular weight excluding hydrogens is 613 g/mol. The van der Waals surface area contributed by atoms with Gasteiger partial charge < -0.3 is 30.2 Å². The minimum Gasteiger partial charge on any atom is -0.392 e. The first kappa shape index (κ1) is 31.9. The third-order valence-corrected chi connectivity index (χ3v) is 12.4. The average Bonchev–Trinajstić information content (AvgIpc) is 3.62. The molecule has 2 aliphatic carbocycles. The Hall–Kier alpha value is -2.72. The summed E-state index contributed by atoms with van der Waals surface area (Å²) in [6.07, 6.45) is 5.70. The zero-order chi connectivity index (χ0) is 31.9. The van der Waals surface area contributed by atoms with Crippen LogP contribution in [0.3, 0.4) is 0 Å². The molecule has 0 bridgehead atoms. The second-order valence-corrected chi connectivity index (χ2v) is 15.1. The van der Waals surface area contributed by atoms with Crippen molar-refractivity contribution in [3.8, 4) is 0 Å². The van der Waals surface area contributed by atoms with Crippen molar-refractivity contribution in [2.45, 2.75) is 85.6 Å². The van der Waals surface area contributed by atoms with E-state index in [0.717, 1.165) is 60.0 Å². The van der Waals surface area contributed by atoms with E-state index in [1.807, 2.05) is 36.4 Å². The summed E-state index contributed by atoms with van der Waals surface area (Å²) in [4.78, 5) is 7.05. The number of thioether (sulfide) groups is 2. The second kappa shape index (κ2) is 13.4. The fraction of sp³-hybridized carbons (Fsp3) is 0.421. The zero-order valence-corrected chi connectivity index (χ0v) is 28.1. The molecule has 0 radical (unpaired) electrons. The standard InChI is InChI=1S/C38H44N2O4S2/c1-3-5-19-39-27-11-7-9-13-29(27)45-31(39)21-25-35(41)33(36(25)42)23-15-17-24(18-16-23)34-37(43)26(38(34)44)22-32-40(20-6-4-2)28-12-8-10-14-30(28)46-32/h7-18,21-22,25-26,33-38,41-44H,3-6,19-20H2,1-2H3. The van der Waals surface area contributed by atoms with Crippen LogP contribution in [0, 0.1) is 11.8 Å². The molecule has 2 aliphatic heterocycles. The van der Waals surface area contributed by atoms with Gasteiger partial charge in [-0.1, -0.05) is 98.7 Å². The summed E-state index contributed by atoms with van der Waals surface area (Å²) in [5.74, 6) is -1.44. The third-order valence-electron chi connectivity index (χ3n) is 10.2. The lowest BCUT2D eigenvalue weighted by molar-refractivity contribution is -0.0959. The van der Waals surface area contributed by atoms with Crippen molar-refractivity contribution >= 4 is 34.9 Å². The molecule has 3 aromatic carbocycles.